The number of hydrazine groups is 1. The number of hydrogen-bond acceptors (Lipinski definition) is 6. The predicted molar refractivity (Wildman–Crippen MR) is 119 cm³/mol. The van der Waals surface area contributed by atoms with Gasteiger partial charge >= 0.3 is 18.5 Å². The Bertz CT molecular complexity index is 1390. The lowest BCUT2D eigenvalue weighted by Crippen LogP contribution is -2.40. The Morgan fingerprint density at radius 1 is 0.919 bits per heavy atom. The van der Waals surface area contributed by atoms with E-state index in [0.29, 0.717) is 23.5 Å². The second-order valence-corrected chi connectivity index (χ2v) is 11.2. The zero-order valence-electron chi connectivity index (χ0n) is 17.5. The molecule has 0 spiro atoms. The third-order valence-corrected chi connectivity index (χ3v) is 7.43. The zero-order chi connectivity index (χ0) is 28.0. The average molecular weight is 621 g/mol. The van der Waals surface area contributed by atoms with Crippen LogP contribution in [0.2, 0.25) is 8.67 Å². The number of thiophene rings is 1. The highest BCUT2D eigenvalue weighted by molar-refractivity contribution is 7.89. The van der Waals surface area contributed by atoms with Gasteiger partial charge in [-0.2, -0.15) is 39.5 Å². The first-order valence-electron chi connectivity index (χ1n) is 9.38. The second kappa shape index (κ2) is 10.2. The fraction of sp³-hybridized carbons (Fsp3) is 0.278. The van der Waals surface area contributed by atoms with E-state index in [1.165, 1.54) is 0 Å². The molecule has 3 rings (SSSR count). The molecule has 2 aromatic heterocycles. The van der Waals surface area contributed by atoms with Gasteiger partial charge in [0.15, 0.2) is 0 Å². The van der Waals surface area contributed by atoms with Gasteiger partial charge < -0.3 is 4.90 Å². The molecule has 0 aliphatic carbocycles. The van der Waals surface area contributed by atoms with Crippen LogP contribution in [0.5, 0.6) is 0 Å². The summed E-state index contributed by atoms with van der Waals surface area (Å²) in [5.41, 5.74) is -0.829. The van der Waals surface area contributed by atoms with Crippen molar-refractivity contribution in [2.24, 2.45) is 0 Å². The Morgan fingerprint density at radius 3 is 2.00 bits per heavy atom. The normalized spacial score (nSPS) is 13.3. The van der Waals surface area contributed by atoms with Gasteiger partial charge in [0.05, 0.1) is 15.4 Å². The summed E-state index contributed by atoms with van der Waals surface area (Å²) in [7, 11) is -4.43. The monoisotopic (exact) mass is 620 g/mol. The van der Waals surface area contributed by atoms with E-state index in [-0.39, 0.29) is 13.6 Å². The number of aromatic nitrogens is 1. The maximum Gasteiger partial charge on any atom is 0.417 e. The van der Waals surface area contributed by atoms with Crippen molar-refractivity contribution >= 4 is 67.0 Å². The topological polar surface area (TPSA) is 74.3 Å². The summed E-state index contributed by atoms with van der Waals surface area (Å²) < 4.78 is 143. The maximum atomic E-state index is 13.8. The van der Waals surface area contributed by atoms with Gasteiger partial charge in [0.1, 0.15) is 28.1 Å². The van der Waals surface area contributed by atoms with Crippen LogP contribution < -0.4 is 15.2 Å². The van der Waals surface area contributed by atoms with E-state index in [4.69, 9.17) is 23.2 Å². The van der Waals surface area contributed by atoms with Crippen molar-refractivity contribution in [1.29, 1.82) is 0 Å². The molecule has 6 nitrogen and oxygen atoms in total. The Hall–Kier alpha value is -2.21. The van der Waals surface area contributed by atoms with Crippen LogP contribution in [0.3, 0.4) is 0 Å². The van der Waals surface area contributed by atoms with Crippen molar-refractivity contribution in [3.05, 3.63) is 44.6 Å². The number of pyridine rings is 1. The summed E-state index contributed by atoms with van der Waals surface area (Å²) in [6.45, 7) is -4.16. The number of alkyl halides is 9. The van der Waals surface area contributed by atoms with Crippen LogP contribution in [0.25, 0.3) is 10.9 Å². The van der Waals surface area contributed by atoms with E-state index in [9.17, 15) is 47.9 Å². The molecule has 0 fully saturated rings. The van der Waals surface area contributed by atoms with E-state index in [1.54, 1.807) is 4.83 Å². The van der Waals surface area contributed by atoms with Gasteiger partial charge in [-0.1, -0.05) is 23.2 Å². The van der Waals surface area contributed by atoms with Crippen LogP contribution in [-0.2, 0) is 16.2 Å². The van der Waals surface area contributed by atoms with Crippen LogP contribution >= 0.6 is 34.5 Å². The standard InChI is InChI=1S/C18H11Cl2F9N4O2S2/c19-13-5-12(15(20)36-13)37(34,35)32-31-14-4-10(18(27,28)29)9-3-8(1-2-11(9)30-14)33(6-16(21,22)23)7-17(24,25)26/h1-5,32H,6-7H2,(H,30,31). The lowest BCUT2D eigenvalue weighted by Gasteiger charge is -2.27. The molecule has 0 atom stereocenters. The minimum absolute atomic E-state index is 0.00876. The highest BCUT2D eigenvalue weighted by Crippen LogP contribution is 2.38. The average Bonchev–Trinajstić information content (AvgIpc) is 3.07. The summed E-state index contributed by atoms with van der Waals surface area (Å²) >= 11 is 12.2. The van der Waals surface area contributed by atoms with Gasteiger partial charge in [-0.15, -0.1) is 16.2 Å². The molecule has 1 aromatic carbocycles. The quantitative estimate of drug-likeness (QED) is 0.223. The Labute approximate surface area is 216 Å². The van der Waals surface area contributed by atoms with Crippen molar-refractivity contribution in [2.45, 2.75) is 23.4 Å². The number of fused-ring (bicyclic) bond motifs is 1. The van der Waals surface area contributed by atoms with Crippen molar-refractivity contribution in [2.75, 3.05) is 23.4 Å². The van der Waals surface area contributed by atoms with E-state index in [2.05, 4.69) is 4.98 Å². The summed E-state index contributed by atoms with van der Waals surface area (Å²) in [5, 5.41) is -0.819. The van der Waals surface area contributed by atoms with E-state index < -0.39 is 74.5 Å². The number of halogens is 11. The van der Waals surface area contributed by atoms with E-state index in [0.717, 1.165) is 18.2 Å². The third kappa shape index (κ3) is 7.66. The summed E-state index contributed by atoms with van der Waals surface area (Å²) in [6, 6.07) is 3.31. The molecule has 0 radical (unpaired) electrons. The molecule has 0 saturated carbocycles. The molecular formula is C18H11Cl2F9N4O2S2. The molecule has 2 N–H and O–H groups in total. The lowest BCUT2D eigenvalue weighted by atomic mass is 10.1. The number of sulfonamides is 1. The zero-order valence-corrected chi connectivity index (χ0v) is 20.6. The molecule has 19 heteroatoms. The van der Waals surface area contributed by atoms with E-state index in [1.807, 2.05) is 5.43 Å². The number of benzene rings is 1. The molecule has 2 heterocycles. The van der Waals surface area contributed by atoms with Crippen molar-refractivity contribution < 1.29 is 47.9 Å². The van der Waals surface area contributed by atoms with Gasteiger partial charge in [0.25, 0.3) is 10.0 Å². The first-order chi connectivity index (χ1) is 16.7. The predicted octanol–water partition coefficient (Wildman–Crippen LogP) is 6.86. The van der Waals surface area contributed by atoms with Gasteiger partial charge in [0, 0.05) is 11.1 Å². The first-order valence-corrected chi connectivity index (χ1v) is 12.4. The highest BCUT2D eigenvalue weighted by Gasteiger charge is 2.38. The molecule has 0 aliphatic rings. The molecule has 3 aromatic rings. The van der Waals surface area contributed by atoms with Crippen LogP contribution in [-0.4, -0.2) is 38.8 Å². The molecule has 0 bridgehead atoms. The number of anilines is 2. The third-order valence-electron chi connectivity index (χ3n) is 4.43. The molecule has 37 heavy (non-hydrogen) atoms. The van der Waals surface area contributed by atoms with Crippen LogP contribution in [0, 0.1) is 0 Å². The lowest BCUT2D eigenvalue weighted by molar-refractivity contribution is -0.138. The first kappa shape index (κ1) is 29.3. The number of hydrogen-bond donors (Lipinski definition) is 2. The summed E-state index contributed by atoms with van der Waals surface area (Å²) in [4.78, 5) is 4.88. The molecular weight excluding hydrogens is 610 g/mol. The smallest absolute Gasteiger partial charge is 0.353 e. The van der Waals surface area contributed by atoms with Crippen molar-refractivity contribution in [3.63, 3.8) is 0 Å². The van der Waals surface area contributed by atoms with E-state index >= 15 is 0 Å². The van der Waals surface area contributed by atoms with Gasteiger partial charge in [0.2, 0.25) is 0 Å². The molecule has 0 amide bonds. The SMILES string of the molecule is O=S(=O)(NNc1cc(C(F)(F)F)c2cc(N(CC(F)(F)F)CC(F)(F)F)ccc2n1)c1cc(Cl)sc1Cl. The minimum atomic E-state index is -5.15. The summed E-state index contributed by atoms with van der Waals surface area (Å²) in [6.07, 6.45) is -15.3. The highest BCUT2D eigenvalue weighted by atomic mass is 35.5. The van der Waals surface area contributed by atoms with Crippen LogP contribution in [0.4, 0.5) is 51.0 Å². The minimum Gasteiger partial charge on any atom is -0.353 e. The van der Waals surface area contributed by atoms with Crippen molar-refractivity contribution in [3.8, 4) is 0 Å². The Balaban J connectivity index is 2.03. The van der Waals surface area contributed by atoms with Crippen LogP contribution in [0.15, 0.2) is 35.2 Å². The number of rotatable bonds is 7. The largest absolute Gasteiger partial charge is 0.417 e. The fourth-order valence-corrected chi connectivity index (χ4v) is 6.06. The number of nitrogens with one attached hydrogen (secondary N) is 2. The molecule has 204 valence electrons. The second-order valence-electron chi connectivity index (χ2n) is 7.26. The summed E-state index contributed by atoms with van der Waals surface area (Å²) in [5.74, 6) is -0.684. The van der Waals surface area contributed by atoms with Crippen LogP contribution in [0.1, 0.15) is 5.56 Å². The van der Waals surface area contributed by atoms with Gasteiger partial charge in [-0.3, -0.25) is 5.43 Å². The molecule has 0 aliphatic heterocycles. The molecule has 0 saturated heterocycles. The fourth-order valence-electron chi connectivity index (χ4n) is 3.06. The number of nitrogens with zero attached hydrogens (tertiary/aromatic N) is 2. The van der Waals surface area contributed by atoms with Gasteiger partial charge in [-0.25, -0.2) is 13.4 Å². The van der Waals surface area contributed by atoms with Gasteiger partial charge in [-0.05, 0) is 30.3 Å². The maximum absolute atomic E-state index is 13.8. The van der Waals surface area contributed by atoms with Crippen molar-refractivity contribution in [1.82, 2.24) is 9.82 Å². The Morgan fingerprint density at radius 2 is 1.51 bits per heavy atom. The molecule has 0 unspecified atom stereocenters. The Kier molecular flexibility index (Phi) is 8.06.